The van der Waals surface area contributed by atoms with Crippen LogP contribution < -0.4 is 5.32 Å². The summed E-state index contributed by atoms with van der Waals surface area (Å²) in [5, 5.41) is 3.47. The van der Waals surface area contributed by atoms with Crippen molar-refractivity contribution in [1.82, 2.24) is 10.2 Å². The van der Waals surface area contributed by atoms with Gasteiger partial charge in [-0.25, -0.2) is 0 Å². The highest BCUT2D eigenvalue weighted by Crippen LogP contribution is 2.25. The molecule has 2 heterocycles. The van der Waals surface area contributed by atoms with Crippen molar-refractivity contribution in [2.24, 2.45) is 4.99 Å². The first-order valence-electron chi connectivity index (χ1n) is 10.5. The maximum absolute atomic E-state index is 6.06. The molecule has 7 heteroatoms. The van der Waals surface area contributed by atoms with E-state index < -0.39 is 0 Å². The van der Waals surface area contributed by atoms with Crippen LogP contribution in [0, 0.1) is 13.8 Å². The first-order chi connectivity index (χ1) is 13.7. The minimum absolute atomic E-state index is 0. The van der Waals surface area contributed by atoms with Crippen LogP contribution in [0.5, 0.6) is 0 Å². The molecule has 2 saturated heterocycles. The number of aliphatic imine (C=N–C) groups is 1. The molecule has 2 unspecified atom stereocenters. The van der Waals surface area contributed by atoms with Gasteiger partial charge in [-0.1, -0.05) is 23.8 Å². The van der Waals surface area contributed by atoms with Crippen molar-refractivity contribution in [3.05, 3.63) is 34.9 Å². The number of nitrogens with one attached hydrogen (secondary N) is 1. The summed E-state index contributed by atoms with van der Waals surface area (Å²) in [6.07, 6.45) is 3.63. The number of nitrogens with zero attached hydrogens (tertiary/aromatic N) is 2. The second kappa shape index (κ2) is 12.7. The standard InChI is InChI=1S/C22H35N3O3.HI/c1-17-7-8-20(18(2)14-17)21-15-25(10-13-28-21)22(23-3)24-9-5-11-26-16-19-6-4-12-27-19;/h7-8,14,19,21H,4-6,9-13,15-16H2,1-3H3,(H,23,24);1H. The highest BCUT2D eigenvalue weighted by molar-refractivity contribution is 14.0. The van der Waals surface area contributed by atoms with Crippen molar-refractivity contribution < 1.29 is 14.2 Å². The van der Waals surface area contributed by atoms with Crippen molar-refractivity contribution in [3.63, 3.8) is 0 Å². The summed E-state index contributed by atoms with van der Waals surface area (Å²) < 4.78 is 17.4. The topological polar surface area (TPSA) is 55.3 Å². The van der Waals surface area contributed by atoms with E-state index in [4.69, 9.17) is 14.2 Å². The molecule has 1 aromatic carbocycles. The molecule has 0 amide bonds. The Kier molecular flexibility index (Phi) is 10.7. The van der Waals surface area contributed by atoms with Gasteiger partial charge in [0, 0.05) is 33.4 Å². The SMILES string of the molecule is CN=C(NCCCOCC1CCCO1)N1CCOC(c2ccc(C)cc2C)C1.I. The fourth-order valence-corrected chi connectivity index (χ4v) is 3.91. The number of benzene rings is 1. The minimum Gasteiger partial charge on any atom is -0.379 e. The van der Waals surface area contributed by atoms with Gasteiger partial charge >= 0.3 is 0 Å². The van der Waals surface area contributed by atoms with Crippen molar-refractivity contribution in [2.45, 2.75) is 45.3 Å². The van der Waals surface area contributed by atoms with E-state index in [0.717, 1.165) is 64.7 Å². The van der Waals surface area contributed by atoms with Gasteiger partial charge in [-0.15, -0.1) is 24.0 Å². The molecule has 1 N–H and O–H groups in total. The summed E-state index contributed by atoms with van der Waals surface area (Å²) in [6, 6.07) is 6.58. The smallest absolute Gasteiger partial charge is 0.193 e. The summed E-state index contributed by atoms with van der Waals surface area (Å²) in [5.41, 5.74) is 3.85. The zero-order valence-corrected chi connectivity index (χ0v) is 20.3. The van der Waals surface area contributed by atoms with E-state index in [1.165, 1.54) is 16.7 Å². The molecular formula is C22H36IN3O3. The van der Waals surface area contributed by atoms with Gasteiger partial charge in [0.15, 0.2) is 5.96 Å². The van der Waals surface area contributed by atoms with Crippen LogP contribution >= 0.6 is 24.0 Å². The average molecular weight is 517 g/mol. The second-order valence-electron chi connectivity index (χ2n) is 7.70. The molecular weight excluding hydrogens is 481 g/mol. The van der Waals surface area contributed by atoms with E-state index in [1.807, 2.05) is 7.05 Å². The number of morpholine rings is 1. The third-order valence-electron chi connectivity index (χ3n) is 5.43. The molecule has 2 aliphatic heterocycles. The molecule has 0 saturated carbocycles. The van der Waals surface area contributed by atoms with Gasteiger partial charge in [-0.2, -0.15) is 0 Å². The van der Waals surface area contributed by atoms with E-state index in [2.05, 4.69) is 47.3 Å². The van der Waals surface area contributed by atoms with Crippen LogP contribution in [0.4, 0.5) is 0 Å². The Morgan fingerprint density at radius 3 is 2.86 bits per heavy atom. The first-order valence-corrected chi connectivity index (χ1v) is 10.5. The molecule has 164 valence electrons. The molecule has 6 nitrogen and oxygen atoms in total. The van der Waals surface area contributed by atoms with Gasteiger partial charge in [0.1, 0.15) is 6.10 Å². The molecule has 0 bridgehead atoms. The van der Waals surface area contributed by atoms with Gasteiger partial charge in [-0.3, -0.25) is 4.99 Å². The molecule has 2 fully saturated rings. The first kappa shape index (κ1) is 24.4. The Bertz CT molecular complexity index is 650. The normalized spacial score (nSPS) is 22.4. The Morgan fingerprint density at radius 1 is 1.28 bits per heavy atom. The maximum atomic E-state index is 6.06. The predicted octanol–water partition coefficient (Wildman–Crippen LogP) is 3.46. The lowest BCUT2D eigenvalue weighted by Crippen LogP contribution is -2.48. The van der Waals surface area contributed by atoms with Crippen molar-refractivity contribution >= 4 is 29.9 Å². The molecule has 0 spiro atoms. The highest BCUT2D eigenvalue weighted by Gasteiger charge is 2.25. The molecule has 3 rings (SSSR count). The Labute approximate surface area is 192 Å². The van der Waals surface area contributed by atoms with Crippen LogP contribution in [0.2, 0.25) is 0 Å². The van der Waals surface area contributed by atoms with E-state index in [9.17, 15) is 0 Å². The number of hydrogen-bond acceptors (Lipinski definition) is 4. The summed E-state index contributed by atoms with van der Waals surface area (Å²) in [5.74, 6) is 0.942. The number of guanidine groups is 1. The van der Waals surface area contributed by atoms with E-state index >= 15 is 0 Å². The van der Waals surface area contributed by atoms with Gasteiger partial charge in [0.05, 0.1) is 25.9 Å². The lowest BCUT2D eigenvalue weighted by atomic mass is 10.00. The summed E-state index contributed by atoms with van der Waals surface area (Å²) in [6.45, 7) is 9.88. The third kappa shape index (κ3) is 7.38. The molecule has 29 heavy (non-hydrogen) atoms. The largest absolute Gasteiger partial charge is 0.379 e. The Balaban J connectivity index is 0.00000300. The van der Waals surface area contributed by atoms with E-state index in [0.29, 0.717) is 12.7 Å². The number of halogens is 1. The van der Waals surface area contributed by atoms with Crippen LogP contribution in [-0.4, -0.2) is 70.1 Å². The fourth-order valence-electron chi connectivity index (χ4n) is 3.91. The van der Waals surface area contributed by atoms with Crippen LogP contribution in [-0.2, 0) is 14.2 Å². The molecule has 1 aromatic rings. The lowest BCUT2D eigenvalue weighted by molar-refractivity contribution is -0.00842. The van der Waals surface area contributed by atoms with Gasteiger partial charge in [0.2, 0.25) is 0 Å². The number of rotatable bonds is 7. The van der Waals surface area contributed by atoms with Crippen LogP contribution in [0.25, 0.3) is 0 Å². The predicted molar refractivity (Wildman–Crippen MR) is 127 cm³/mol. The quantitative estimate of drug-likeness (QED) is 0.260. The van der Waals surface area contributed by atoms with Gasteiger partial charge in [0.25, 0.3) is 0 Å². The highest BCUT2D eigenvalue weighted by atomic mass is 127. The number of hydrogen-bond donors (Lipinski definition) is 1. The van der Waals surface area contributed by atoms with E-state index in [-0.39, 0.29) is 30.1 Å². The second-order valence-corrected chi connectivity index (χ2v) is 7.70. The number of ether oxygens (including phenoxy) is 3. The monoisotopic (exact) mass is 517 g/mol. The van der Waals surface area contributed by atoms with Gasteiger partial charge in [-0.05, 0) is 44.2 Å². The van der Waals surface area contributed by atoms with Crippen molar-refractivity contribution in [1.29, 1.82) is 0 Å². The third-order valence-corrected chi connectivity index (χ3v) is 5.43. The zero-order chi connectivity index (χ0) is 19.8. The number of aryl methyl sites for hydroxylation is 2. The van der Waals surface area contributed by atoms with Gasteiger partial charge < -0.3 is 24.4 Å². The van der Waals surface area contributed by atoms with Crippen molar-refractivity contribution in [2.75, 3.05) is 53.1 Å². The lowest BCUT2D eigenvalue weighted by Gasteiger charge is -2.35. The summed E-state index contributed by atoms with van der Waals surface area (Å²) in [7, 11) is 1.85. The summed E-state index contributed by atoms with van der Waals surface area (Å²) in [4.78, 5) is 6.76. The molecule has 0 radical (unpaired) electrons. The Morgan fingerprint density at radius 2 is 2.14 bits per heavy atom. The van der Waals surface area contributed by atoms with E-state index in [1.54, 1.807) is 0 Å². The molecule has 2 atom stereocenters. The fraction of sp³-hybridized carbons (Fsp3) is 0.682. The minimum atomic E-state index is 0. The Hall–Kier alpha value is -0.900. The molecule has 0 aliphatic carbocycles. The van der Waals surface area contributed by atoms with Crippen LogP contribution in [0.15, 0.2) is 23.2 Å². The zero-order valence-electron chi connectivity index (χ0n) is 18.0. The molecule has 0 aromatic heterocycles. The average Bonchev–Trinajstić information content (AvgIpc) is 3.21. The molecule has 2 aliphatic rings. The van der Waals surface area contributed by atoms with Crippen molar-refractivity contribution in [3.8, 4) is 0 Å². The van der Waals surface area contributed by atoms with Crippen LogP contribution in [0.3, 0.4) is 0 Å². The summed E-state index contributed by atoms with van der Waals surface area (Å²) >= 11 is 0. The van der Waals surface area contributed by atoms with Crippen LogP contribution in [0.1, 0.15) is 42.1 Å². The maximum Gasteiger partial charge on any atom is 0.193 e.